The lowest BCUT2D eigenvalue weighted by Crippen LogP contribution is -2.52. The summed E-state index contributed by atoms with van der Waals surface area (Å²) in [5, 5.41) is 3.69. The van der Waals surface area contributed by atoms with Gasteiger partial charge >= 0.3 is 6.03 Å². The van der Waals surface area contributed by atoms with Gasteiger partial charge in [0.2, 0.25) is 10.0 Å². The SMILES string of the molecule is Cc1noc(C)c1S(=O)(=O)N1CCN(C(=O)N(C)C)CC1. The van der Waals surface area contributed by atoms with Gasteiger partial charge < -0.3 is 14.3 Å². The maximum atomic E-state index is 12.6. The Hall–Kier alpha value is -1.61. The Labute approximate surface area is 124 Å². The molecule has 1 aliphatic rings. The van der Waals surface area contributed by atoms with Crippen LogP contribution < -0.4 is 0 Å². The average molecular weight is 316 g/mol. The lowest BCUT2D eigenvalue weighted by atomic mass is 10.4. The number of sulfonamides is 1. The average Bonchev–Trinajstić information content (AvgIpc) is 2.78. The number of aryl methyl sites for hydroxylation is 2. The summed E-state index contributed by atoms with van der Waals surface area (Å²) in [6.07, 6.45) is 0. The molecule has 8 nitrogen and oxygen atoms in total. The van der Waals surface area contributed by atoms with Crippen molar-refractivity contribution >= 4 is 16.1 Å². The van der Waals surface area contributed by atoms with Gasteiger partial charge in [-0.25, -0.2) is 13.2 Å². The highest BCUT2D eigenvalue weighted by Crippen LogP contribution is 2.24. The number of rotatable bonds is 2. The third-order valence-electron chi connectivity index (χ3n) is 3.46. The van der Waals surface area contributed by atoms with Crippen LogP contribution in [0.5, 0.6) is 0 Å². The summed E-state index contributed by atoms with van der Waals surface area (Å²) in [6.45, 7) is 4.48. The first-order valence-corrected chi connectivity index (χ1v) is 8.08. The molecular weight excluding hydrogens is 296 g/mol. The zero-order valence-electron chi connectivity index (χ0n) is 12.7. The summed E-state index contributed by atoms with van der Waals surface area (Å²) in [4.78, 5) is 15.1. The van der Waals surface area contributed by atoms with Crippen LogP contribution in [-0.2, 0) is 10.0 Å². The van der Waals surface area contributed by atoms with Crippen molar-refractivity contribution in [2.45, 2.75) is 18.7 Å². The zero-order valence-corrected chi connectivity index (χ0v) is 13.5. The zero-order chi connectivity index (χ0) is 15.8. The van der Waals surface area contributed by atoms with Gasteiger partial charge in [0.05, 0.1) is 0 Å². The standard InChI is InChI=1S/C12H20N4O4S/c1-9-11(10(2)20-13-9)21(18,19)16-7-5-15(6-8-16)12(17)14(3)4/h5-8H2,1-4H3. The molecule has 2 amide bonds. The fourth-order valence-corrected chi connectivity index (χ4v) is 4.09. The molecule has 0 aliphatic carbocycles. The number of urea groups is 1. The van der Waals surface area contributed by atoms with Crippen LogP contribution in [0.3, 0.4) is 0 Å². The minimum Gasteiger partial charge on any atom is -0.360 e. The lowest BCUT2D eigenvalue weighted by molar-refractivity contribution is 0.149. The molecule has 2 rings (SSSR count). The predicted molar refractivity (Wildman–Crippen MR) is 75.4 cm³/mol. The van der Waals surface area contributed by atoms with Crippen molar-refractivity contribution in [2.75, 3.05) is 40.3 Å². The minimum atomic E-state index is -3.62. The van der Waals surface area contributed by atoms with Crippen molar-refractivity contribution in [1.29, 1.82) is 0 Å². The Bertz CT molecular complexity index is 610. The molecule has 0 atom stereocenters. The molecule has 9 heteroatoms. The summed E-state index contributed by atoms with van der Waals surface area (Å²) in [5.74, 6) is 0.291. The van der Waals surface area contributed by atoms with Crippen molar-refractivity contribution < 1.29 is 17.7 Å². The molecule has 1 aliphatic heterocycles. The monoisotopic (exact) mass is 316 g/mol. The van der Waals surface area contributed by atoms with Gasteiger partial charge in [-0.1, -0.05) is 5.16 Å². The molecule has 0 spiro atoms. The normalized spacial score (nSPS) is 17.0. The molecule has 0 radical (unpaired) electrons. The van der Waals surface area contributed by atoms with Gasteiger partial charge in [0, 0.05) is 40.3 Å². The van der Waals surface area contributed by atoms with E-state index in [0.29, 0.717) is 24.5 Å². The molecule has 0 unspecified atom stereocenters. The molecule has 1 fully saturated rings. The molecule has 1 saturated heterocycles. The van der Waals surface area contributed by atoms with Gasteiger partial charge in [-0.2, -0.15) is 4.31 Å². The summed E-state index contributed by atoms with van der Waals surface area (Å²) < 4.78 is 31.5. The first-order valence-electron chi connectivity index (χ1n) is 6.64. The number of nitrogens with zero attached hydrogens (tertiary/aromatic N) is 4. The van der Waals surface area contributed by atoms with Crippen molar-refractivity contribution in [3.8, 4) is 0 Å². The molecule has 0 saturated carbocycles. The highest BCUT2D eigenvalue weighted by atomic mass is 32.2. The largest absolute Gasteiger partial charge is 0.360 e. The van der Waals surface area contributed by atoms with Crippen LogP contribution in [-0.4, -0.2) is 74.0 Å². The molecular formula is C12H20N4O4S. The smallest absolute Gasteiger partial charge is 0.319 e. The Morgan fingerprint density at radius 2 is 1.76 bits per heavy atom. The van der Waals surface area contributed by atoms with E-state index in [-0.39, 0.29) is 24.0 Å². The first kappa shape index (κ1) is 15.8. The number of piperazine rings is 1. The van der Waals surface area contributed by atoms with E-state index >= 15 is 0 Å². The van der Waals surface area contributed by atoms with Crippen LogP contribution >= 0.6 is 0 Å². The van der Waals surface area contributed by atoms with Gasteiger partial charge in [-0.3, -0.25) is 0 Å². The van der Waals surface area contributed by atoms with E-state index in [1.54, 1.807) is 32.8 Å². The van der Waals surface area contributed by atoms with Gasteiger partial charge in [-0.15, -0.1) is 0 Å². The minimum absolute atomic E-state index is 0.107. The van der Waals surface area contributed by atoms with E-state index in [4.69, 9.17) is 4.52 Å². The number of carbonyl (C=O) groups is 1. The third-order valence-corrected chi connectivity index (χ3v) is 5.60. The van der Waals surface area contributed by atoms with E-state index in [1.807, 2.05) is 0 Å². The van der Waals surface area contributed by atoms with E-state index in [9.17, 15) is 13.2 Å². The molecule has 118 valence electrons. The van der Waals surface area contributed by atoms with E-state index in [2.05, 4.69) is 5.16 Å². The fourth-order valence-electron chi connectivity index (χ4n) is 2.37. The van der Waals surface area contributed by atoms with Crippen molar-refractivity contribution in [3.05, 3.63) is 11.5 Å². The van der Waals surface area contributed by atoms with Crippen LogP contribution in [0.25, 0.3) is 0 Å². The Morgan fingerprint density at radius 1 is 1.19 bits per heavy atom. The second kappa shape index (κ2) is 5.64. The van der Waals surface area contributed by atoms with E-state index in [1.165, 1.54) is 9.21 Å². The topological polar surface area (TPSA) is 87.0 Å². The predicted octanol–water partition coefficient (Wildman–Crippen LogP) is 0.279. The summed E-state index contributed by atoms with van der Waals surface area (Å²) >= 11 is 0. The molecule has 2 heterocycles. The second-order valence-electron chi connectivity index (χ2n) is 5.22. The number of hydrogen-bond acceptors (Lipinski definition) is 5. The quantitative estimate of drug-likeness (QED) is 0.782. The number of carbonyl (C=O) groups excluding carboxylic acids is 1. The lowest BCUT2D eigenvalue weighted by Gasteiger charge is -2.35. The maximum Gasteiger partial charge on any atom is 0.319 e. The van der Waals surface area contributed by atoms with Crippen LogP contribution in [0.2, 0.25) is 0 Å². The van der Waals surface area contributed by atoms with Crippen molar-refractivity contribution in [2.24, 2.45) is 0 Å². The van der Waals surface area contributed by atoms with Crippen LogP contribution in [0.15, 0.2) is 9.42 Å². The first-order chi connectivity index (χ1) is 9.75. The van der Waals surface area contributed by atoms with Gasteiger partial charge in [-0.05, 0) is 13.8 Å². The fraction of sp³-hybridized carbons (Fsp3) is 0.667. The molecule has 1 aromatic heterocycles. The second-order valence-corrected chi connectivity index (χ2v) is 7.10. The Kier molecular flexibility index (Phi) is 4.24. The van der Waals surface area contributed by atoms with Crippen molar-refractivity contribution in [1.82, 2.24) is 19.3 Å². The molecule has 0 bridgehead atoms. The van der Waals surface area contributed by atoms with E-state index < -0.39 is 10.0 Å². The van der Waals surface area contributed by atoms with Crippen molar-refractivity contribution in [3.63, 3.8) is 0 Å². The number of aromatic nitrogens is 1. The summed E-state index contributed by atoms with van der Waals surface area (Å²) in [7, 11) is -0.272. The number of hydrogen-bond donors (Lipinski definition) is 0. The van der Waals surface area contributed by atoms with Gasteiger partial charge in [0.1, 0.15) is 10.6 Å². The molecule has 0 aromatic carbocycles. The van der Waals surface area contributed by atoms with Gasteiger partial charge in [0.25, 0.3) is 0 Å². The molecule has 21 heavy (non-hydrogen) atoms. The molecule has 1 aromatic rings. The third kappa shape index (κ3) is 2.88. The van der Waals surface area contributed by atoms with Crippen LogP contribution in [0.1, 0.15) is 11.5 Å². The van der Waals surface area contributed by atoms with Gasteiger partial charge in [0.15, 0.2) is 5.76 Å². The Balaban J connectivity index is 2.14. The van der Waals surface area contributed by atoms with Crippen LogP contribution in [0, 0.1) is 13.8 Å². The van der Waals surface area contributed by atoms with Crippen LogP contribution in [0.4, 0.5) is 4.79 Å². The maximum absolute atomic E-state index is 12.6. The van der Waals surface area contributed by atoms with E-state index in [0.717, 1.165) is 0 Å². The Morgan fingerprint density at radius 3 is 2.19 bits per heavy atom. The molecule has 0 N–H and O–H groups in total. The number of amides is 2. The highest BCUT2D eigenvalue weighted by Gasteiger charge is 2.34. The summed E-state index contributed by atoms with van der Waals surface area (Å²) in [6, 6.07) is -0.107. The highest BCUT2D eigenvalue weighted by molar-refractivity contribution is 7.89. The summed E-state index contributed by atoms with van der Waals surface area (Å²) in [5.41, 5.74) is 0.360.